The van der Waals surface area contributed by atoms with E-state index in [4.69, 9.17) is 10.8 Å². The van der Waals surface area contributed by atoms with Crippen molar-refractivity contribution in [3.8, 4) is 0 Å². The number of nitrogens with two attached hydrogens (primary N) is 1. The number of aliphatic hydroxyl groups is 1. The molecule has 1 fully saturated rings. The average molecular weight is 249 g/mol. The van der Waals surface area contributed by atoms with Gasteiger partial charge in [-0.2, -0.15) is 0 Å². The zero-order chi connectivity index (χ0) is 13.0. The molecule has 4 N–H and O–H groups in total. The Kier molecular flexibility index (Phi) is 4.44. The number of hydrogen-bond acceptors (Lipinski definition) is 4. The van der Waals surface area contributed by atoms with Gasteiger partial charge in [-0.15, -0.1) is 0 Å². The molecule has 0 aliphatic heterocycles. The van der Waals surface area contributed by atoms with Gasteiger partial charge in [-0.25, -0.2) is 0 Å². The third-order valence-electron chi connectivity index (χ3n) is 3.53. The third-order valence-corrected chi connectivity index (χ3v) is 3.53. The maximum Gasteiger partial charge on any atom is 0.0606 e. The highest BCUT2D eigenvalue weighted by Crippen LogP contribution is 2.24. The number of likely N-dealkylation sites (N-methyl/N-ethyl adjacent to an activating group) is 1. The molecule has 0 saturated heterocycles. The van der Waals surface area contributed by atoms with Crippen LogP contribution >= 0.6 is 0 Å². The van der Waals surface area contributed by atoms with Crippen molar-refractivity contribution in [1.82, 2.24) is 0 Å². The Labute approximate surface area is 109 Å². The van der Waals surface area contributed by atoms with Gasteiger partial charge in [0, 0.05) is 36.5 Å². The van der Waals surface area contributed by atoms with E-state index in [2.05, 4.69) is 41.4 Å². The van der Waals surface area contributed by atoms with Crippen molar-refractivity contribution in [1.29, 1.82) is 0 Å². The van der Waals surface area contributed by atoms with E-state index in [0.717, 1.165) is 30.8 Å². The van der Waals surface area contributed by atoms with Gasteiger partial charge < -0.3 is 21.1 Å². The van der Waals surface area contributed by atoms with Crippen molar-refractivity contribution >= 4 is 11.4 Å². The summed E-state index contributed by atoms with van der Waals surface area (Å²) in [4.78, 5) is 2.16. The van der Waals surface area contributed by atoms with Crippen molar-refractivity contribution in [2.75, 3.05) is 29.9 Å². The van der Waals surface area contributed by atoms with Gasteiger partial charge in [0.15, 0.2) is 0 Å². The molecule has 0 unspecified atom stereocenters. The lowest BCUT2D eigenvalue weighted by molar-refractivity contribution is 0.302. The molecule has 1 saturated carbocycles. The Morgan fingerprint density at radius 1 is 1.33 bits per heavy atom. The molecule has 0 heterocycles. The lowest BCUT2D eigenvalue weighted by Gasteiger charge is -2.34. The van der Waals surface area contributed by atoms with Gasteiger partial charge in [0.25, 0.3) is 0 Å². The average Bonchev–Trinajstić information content (AvgIpc) is 2.35. The zero-order valence-electron chi connectivity index (χ0n) is 11.0. The molecule has 1 aliphatic carbocycles. The molecule has 0 spiro atoms. The molecule has 0 aromatic heterocycles. The molecular weight excluding hydrogens is 226 g/mol. The second-order valence-corrected chi connectivity index (χ2v) is 4.92. The quantitative estimate of drug-likeness (QED) is 0.713. The lowest BCUT2D eigenvalue weighted by Crippen LogP contribution is -2.44. The molecule has 4 heteroatoms. The van der Waals surface area contributed by atoms with Crippen molar-refractivity contribution in [3.63, 3.8) is 0 Å². The van der Waals surface area contributed by atoms with E-state index in [1.54, 1.807) is 0 Å². The molecule has 0 amide bonds. The molecule has 1 aliphatic rings. The van der Waals surface area contributed by atoms with Gasteiger partial charge >= 0.3 is 0 Å². The van der Waals surface area contributed by atoms with Gasteiger partial charge in [0.2, 0.25) is 0 Å². The van der Waals surface area contributed by atoms with Gasteiger partial charge in [0.05, 0.1) is 6.61 Å². The summed E-state index contributed by atoms with van der Waals surface area (Å²) < 4.78 is 0. The topological polar surface area (TPSA) is 61.5 Å². The number of aliphatic hydroxyl groups excluding tert-OH is 1. The highest BCUT2D eigenvalue weighted by molar-refractivity contribution is 5.55. The largest absolute Gasteiger partial charge is 0.395 e. The van der Waals surface area contributed by atoms with Crippen LogP contribution in [-0.4, -0.2) is 36.9 Å². The predicted molar refractivity (Wildman–Crippen MR) is 76.0 cm³/mol. The Balaban J connectivity index is 1.92. The fraction of sp³-hybridized carbons (Fsp3) is 0.571. The van der Waals surface area contributed by atoms with Crippen LogP contribution in [0.3, 0.4) is 0 Å². The van der Waals surface area contributed by atoms with Crippen LogP contribution in [0.2, 0.25) is 0 Å². The summed E-state index contributed by atoms with van der Waals surface area (Å²) >= 11 is 0. The van der Waals surface area contributed by atoms with E-state index in [1.165, 1.54) is 0 Å². The van der Waals surface area contributed by atoms with E-state index in [9.17, 15) is 0 Å². The molecule has 1 aromatic rings. The molecule has 18 heavy (non-hydrogen) atoms. The fourth-order valence-electron chi connectivity index (χ4n) is 2.37. The lowest BCUT2D eigenvalue weighted by atomic mass is 9.87. The van der Waals surface area contributed by atoms with Crippen LogP contribution in [0.4, 0.5) is 11.4 Å². The predicted octanol–water partition coefficient (Wildman–Crippen LogP) is 1.41. The Morgan fingerprint density at radius 2 is 2.00 bits per heavy atom. The summed E-state index contributed by atoms with van der Waals surface area (Å²) in [6.45, 7) is 3.87. The van der Waals surface area contributed by atoms with E-state index < -0.39 is 0 Å². The first kappa shape index (κ1) is 13.2. The Bertz CT molecular complexity index is 360. The zero-order valence-corrected chi connectivity index (χ0v) is 11.0. The van der Waals surface area contributed by atoms with Crippen LogP contribution in [0.1, 0.15) is 19.8 Å². The van der Waals surface area contributed by atoms with Crippen molar-refractivity contribution in [2.45, 2.75) is 31.8 Å². The summed E-state index contributed by atoms with van der Waals surface area (Å²) in [5.41, 5.74) is 8.07. The molecule has 2 rings (SSSR count). The fourth-order valence-corrected chi connectivity index (χ4v) is 2.37. The molecule has 1 aromatic carbocycles. The highest BCUT2D eigenvalue weighted by atomic mass is 16.3. The van der Waals surface area contributed by atoms with Crippen molar-refractivity contribution < 1.29 is 5.11 Å². The second-order valence-electron chi connectivity index (χ2n) is 4.92. The van der Waals surface area contributed by atoms with E-state index in [0.29, 0.717) is 18.6 Å². The highest BCUT2D eigenvalue weighted by Gasteiger charge is 2.25. The first-order valence-electron chi connectivity index (χ1n) is 6.71. The van der Waals surface area contributed by atoms with E-state index in [1.807, 2.05) is 0 Å². The van der Waals surface area contributed by atoms with E-state index >= 15 is 0 Å². The first-order chi connectivity index (χ1) is 8.72. The van der Waals surface area contributed by atoms with Crippen LogP contribution in [0, 0.1) is 0 Å². The molecule has 4 nitrogen and oxygen atoms in total. The van der Waals surface area contributed by atoms with Gasteiger partial charge in [-0.1, -0.05) is 0 Å². The summed E-state index contributed by atoms with van der Waals surface area (Å²) in [7, 11) is 0. The minimum atomic E-state index is 0.188. The van der Waals surface area contributed by atoms with Gasteiger partial charge in [-0.05, 0) is 44.0 Å². The molecule has 100 valence electrons. The van der Waals surface area contributed by atoms with E-state index in [-0.39, 0.29) is 6.61 Å². The standard InChI is InChI=1S/C14H23N3O/c1-2-17(7-8-18)14-5-3-12(4-6-14)16-13-9-11(15)10-13/h3-6,11,13,16,18H,2,7-10,15H2,1H3. The van der Waals surface area contributed by atoms with Crippen LogP contribution < -0.4 is 16.0 Å². The first-order valence-corrected chi connectivity index (χ1v) is 6.71. The minimum Gasteiger partial charge on any atom is -0.395 e. The second kappa shape index (κ2) is 6.07. The summed E-state index contributed by atoms with van der Waals surface area (Å²) in [5, 5.41) is 12.5. The summed E-state index contributed by atoms with van der Waals surface area (Å²) in [6, 6.07) is 9.30. The maximum absolute atomic E-state index is 9.00. The van der Waals surface area contributed by atoms with Crippen LogP contribution in [-0.2, 0) is 0 Å². The van der Waals surface area contributed by atoms with Crippen LogP contribution in [0.15, 0.2) is 24.3 Å². The maximum atomic E-state index is 9.00. The van der Waals surface area contributed by atoms with Crippen molar-refractivity contribution in [3.05, 3.63) is 24.3 Å². The molecular formula is C14H23N3O. The number of hydrogen-bond donors (Lipinski definition) is 3. The number of anilines is 2. The summed E-state index contributed by atoms with van der Waals surface area (Å²) in [6.07, 6.45) is 2.13. The minimum absolute atomic E-state index is 0.188. The monoisotopic (exact) mass is 249 g/mol. The third kappa shape index (κ3) is 3.15. The molecule has 0 radical (unpaired) electrons. The van der Waals surface area contributed by atoms with Crippen LogP contribution in [0.25, 0.3) is 0 Å². The SMILES string of the molecule is CCN(CCO)c1ccc(NC2CC(N)C2)cc1. The molecule has 0 bridgehead atoms. The normalized spacial score (nSPS) is 22.4. The van der Waals surface area contributed by atoms with Gasteiger partial charge in [0.1, 0.15) is 0 Å². The summed E-state index contributed by atoms with van der Waals surface area (Å²) in [5.74, 6) is 0. The Morgan fingerprint density at radius 3 is 2.50 bits per heavy atom. The van der Waals surface area contributed by atoms with Gasteiger partial charge in [-0.3, -0.25) is 0 Å². The van der Waals surface area contributed by atoms with Crippen LogP contribution in [0.5, 0.6) is 0 Å². The number of benzene rings is 1. The number of rotatable bonds is 6. The van der Waals surface area contributed by atoms with Crippen molar-refractivity contribution in [2.24, 2.45) is 5.73 Å². The number of nitrogens with one attached hydrogen (secondary N) is 1. The smallest absolute Gasteiger partial charge is 0.0606 e. The number of nitrogens with zero attached hydrogens (tertiary/aromatic N) is 1. The molecule has 0 atom stereocenters. The Hall–Kier alpha value is -1.26.